The maximum atomic E-state index is 13.0. The summed E-state index contributed by atoms with van der Waals surface area (Å²) in [6.45, 7) is 2.42. The topological polar surface area (TPSA) is 135 Å². The fraction of sp³-hybridized carbons (Fsp3) is 0.421. The lowest BCUT2D eigenvalue weighted by Gasteiger charge is -2.19. The molecule has 2 aromatic rings. The molecule has 0 aliphatic carbocycles. The van der Waals surface area contributed by atoms with Gasteiger partial charge in [-0.15, -0.1) is 5.10 Å². The van der Waals surface area contributed by atoms with Gasteiger partial charge in [0.2, 0.25) is 0 Å². The van der Waals surface area contributed by atoms with Crippen molar-refractivity contribution >= 4 is 18.5 Å². The van der Waals surface area contributed by atoms with Gasteiger partial charge in [-0.1, -0.05) is 30.7 Å². The van der Waals surface area contributed by atoms with Crippen LogP contribution in [-0.4, -0.2) is 50.8 Å². The second-order valence-electron chi connectivity index (χ2n) is 6.59. The number of carbonyl (C=O) groups is 3. The Kier molecular flexibility index (Phi) is 8.73. The van der Waals surface area contributed by atoms with E-state index in [1.807, 2.05) is 0 Å². The summed E-state index contributed by atoms with van der Waals surface area (Å²) in [7, 11) is 0. The highest BCUT2D eigenvalue weighted by atomic mass is 18.2. The number of aliphatic carboxylic acids is 1. The Morgan fingerprint density at radius 2 is 2.00 bits per heavy atom. The van der Waals surface area contributed by atoms with Gasteiger partial charge in [-0.25, -0.2) is 18.7 Å². The molecule has 2 rings (SSSR count). The Hall–Kier alpha value is -3.50. The lowest BCUT2D eigenvalue weighted by Crippen LogP contribution is -2.49. The molecule has 0 unspecified atom stereocenters. The molecule has 10 nitrogen and oxygen atoms in total. The smallest absolute Gasteiger partial charge is 0.326 e. The number of amides is 2. The van der Waals surface area contributed by atoms with Crippen molar-refractivity contribution in [2.75, 3.05) is 0 Å². The van der Waals surface area contributed by atoms with Crippen LogP contribution in [0, 0.1) is 5.82 Å². The maximum absolute atomic E-state index is 13.0. The molecule has 0 bridgehead atoms. The molecule has 0 saturated heterocycles. The van der Waals surface area contributed by atoms with Crippen LogP contribution in [0.25, 0.3) is 0 Å². The van der Waals surface area contributed by atoms with Crippen molar-refractivity contribution in [2.24, 2.45) is 0 Å². The predicted octanol–water partition coefficient (Wildman–Crippen LogP) is 1.45. The van der Waals surface area contributed by atoms with Crippen molar-refractivity contribution in [3.63, 3.8) is 0 Å². The molecule has 1 aromatic heterocycles. The van der Waals surface area contributed by atoms with Crippen molar-refractivity contribution in [3.05, 3.63) is 47.5 Å². The van der Waals surface area contributed by atoms with Gasteiger partial charge >= 0.3 is 12.0 Å². The van der Waals surface area contributed by atoms with Crippen LogP contribution < -0.4 is 10.6 Å². The third-order valence-corrected chi connectivity index (χ3v) is 4.20. The SMILES string of the molecule is CCC[C@H](NC(=O)N[C@@H](CCc1cn(Cc2ccc([18F])cc2)nn1)OC=O)C(=O)O. The first-order valence-corrected chi connectivity index (χ1v) is 9.43. The van der Waals surface area contributed by atoms with Crippen molar-refractivity contribution in [1.82, 2.24) is 25.6 Å². The zero-order chi connectivity index (χ0) is 21.9. The summed E-state index contributed by atoms with van der Waals surface area (Å²) < 4.78 is 19.4. The van der Waals surface area contributed by atoms with Crippen LogP contribution in [0.1, 0.15) is 37.4 Å². The van der Waals surface area contributed by atoms with Crippen LogP contribution in [-0.2, 0) is 27.3 Å². The zero-order valence-corrected chi connectivity index (χ0v) is 16.5. The minimum absolute atomic E-state index is 0.205. The number of carbonyl (C=O) groups excluding carboxylic acids is 2. The van der Waals surface area contributed by atoms with Crippen molar-refractivity contribution in [2.45, 2.75) is 51.4 Å². The second kappa shape index (κ2) is 11.5. The van der Waals surface area contributed by atoms with E-state index < -0.39 is 24.3 Å². The molecule has 162 valence electrons. The molecule has 0 radical (unpaired) electrons. The summed E-state index contributed by atoms with van der Waals surface area (Å²) in [6.07, 6.45) is 2.16. The molecule has 0 aliphatic rings. The van der Waals surface area contributed by atoms with Gasteiger partial charge in [-0.05, 0) is 30.5 Å². The maximum Gasteiger partial charge on any atom is 0.326 e. The highest BCUT2D eigenvalue weighted by molar-refractivity contribution is 5.82. The number of urea groups is 1. The molecule has 1 aromatic carbocycles. The monoisotopic (exact) mass is 420 g/mol. The van der Waals surface area contributed by atoms with E-state index in [1.165, 1.54) is 12.1 Å². The summed E-state index contributed by atoms with van der Waals surface area (Å²) in [6, 6.07) is 4.24. The largest absolute Gasteiger partial charge is 0.480 e. The number of nitrogens with one attached hydrogen (secondary N) is 2. The lowest BCUT2D eigenvalue weighted by atomic mass is 10.2. The van der Waals surface area contributed by atoms with Gasteiger partial charge in [-0.3, -0.25) is 4.79 Å². The third-order valence-electron chi connectivity index (χ3n) is 4.20. The molecule has 0 saturated carbocycles. The van der Waals surface area contributed by atoms with E-state index in [9.17, 15) is 18.8 Å². The number of benzene rings is 1. The number of halogens is 1. The van der Waals surface area contributed by atoms with Crippen molar-refractivity contribution < 1.29 is 28.6 Å². The number of aromatic nitrogens is 3. The Bertz CT molecular complexity index is 842. The number of rotatable bonds is 12. The quantitative estimate of drug-likeness (QED) is 0.349. The van der Waals surface area contributed by atoms with Gasteiger partial charge in [-0.2, -0.15) is 0 Å². The molecule has 30 heavy (non-hydrogen) atoms. The van der Waals surface area contributed by atoms with Crippen molar-refractivity contribution in [3.8, 4) is 0 Å². The second-order valence-corrected chi connectivity index (χ2v) is 6.59. The lowest BCUT2D eigenvalue weighted by molar-refractivity contribution is -0.139. The number of aryl methyl sites for hydroxylation is 1. The highest BCUT2D eigenvalue weighted by Crippen LogP contribution is 2.07. The Balaban J connectivity index is 1.87. The van der Waals surface area contributed by atoms with E-state index in [-0.39, 0.29) is 25.1 Å². The molecule has 0 spiro atoms. The van der Waals surface area contributed by atoms with Crippen LogP contribution in [0.3, 0.4) is 0 Å². The summed E-state index contributed by atoms with van der Waals surface area (Å²) >= 11 is 0. The summed E-state index contributed by atoms with van der Waals surface area (Å²) in [5.74, 6) is -1.46. The molecule has 2 atom stereocenters. The van der Waals surface area contributed by atoms with Crippen LogP contribution in [0.15, 0.2) is 30.5 Å². The fourth-order valence-electron chi connectivity index (χ4n) is 2.72. The molecule has 1 heterocycles. The summed E-state index contributed by atoms with van der Waals surface area (Å²) in [5, 5.41) is 21.9. The van der Waals surface area contributed by atoms with Gasteiger partial charge in [0.15, 0.2) is 6.23 Å². The van der Waals surface area contributed by atoms with E-state index in [2.05, 4.69) is 20.9 Å². The molecule has 2 amide bonds. The summed E-state index contributed by atoms with van der Waals surface area (Å²) in [4.78, 5) is 33.9. The first-order chi connectivity index (χ1) is 14.4. The number of hydrogen-bond acceptors (Lipinski definition) is 6. The minimum atomic E-state index is -1.14. The number of carboxylic acids is 1. The molecular formula is C19H24FN5O5. The standard InChI is InChI=1S/C19H24FN5O5/c1-2-3-16(18(27)28)21-19(29)22-17(30-12-26)9-8-15-11-25(24-23-15)10-13-4-6-14(20)7-5-13/h4-7,11-12,16-17H,2-3,8-10H2,1H3,(H,27,28)(H2,21,22,29)/t16-,17+/m0/s1/i20-1. The highest BCUT2D eigenvalue weighted by Gasteiger charge is 2.21. The van der Waals surface area contributed by atoms with Gasteiger partial charge in [0, 0.05) is 12.6 Å². The number of nitrogens with zero attached hydrogens (tertiary/aromatic N) is 3. The summed E-state index contributed by atoms with van der Waals surface area (Å²) in [5.41, 5.74) is 1.46. The minimum Gasteiger partial charge on any atom is -0.480 e. The van der Waals surface area contributed by atoms with Gasteiger partial charge in [0.1, 0.15) is 11.9 Å². The van der Waals surface area contributed by atoms with Gasteiger partial charge in [0.05, 0.1) is 12.2 Å². The Morgan fingerprint density at radius 3 is 2.63 bits per heavy atom. The number of ether oxygens (including phenoxy) is 1. The molecular weight excluding hydrogens is 396 g/mol. The predicted molar refractivity (Wildman–Crippen MR) is 103 cm³/mol. The molecule has 0 aliphatic heterocycles. The van der Waals surface area contributed by atoms with E-state index in [4.69, 9.17) is 9.84 Å². The van der Waals surface area contributed by atoms with Crippen LogP contribution in [0.5, 0.6) is 0 Å². The Morgan fingerprint density at radius 1 is 1.27 bits per heavy atom. The first kappa shape index (κ1) is 22.8. The van der Waals surface area contributed by atoms with E-state index in [0.29, 0.717) is 25.1 Å². The van der Waals surface area contributed by atoms with Crippen LogP contribution >= 0.6 is 0 Å². The zero-order valence-electron chi connectivity index (χ0n) is 16.5. The average molecular weight is 420 g/mol. The third kappa shape index (κ3) is 7.49. The first-order valence-electron chi connectivity index (χ1n) is 9.43. The van der Waals surface area contributed by atoms with E-state index in [0.717, 1.165) is 5.56 Å². The van der Waals surface area contributed by atoms with Crippen LogP contribution in [0.2, 0.25) is 0 Å². The van der Waals surface area contributed by atoms with Gasteiger partial charge in [0.25, 0.3) is 6.47 Å². The van der Waals surface area contributed by atoms with Gasteiger partial charge < -0.3 is 20.5 Å². The molecule has 3 N–H and O–H groups in total. The average Bonchev–Trinajstić information content (AvgIpc) is 3.15. The van der Waals surface area contributed by atoms with Crippen molar-refractivity contribution in [1.29, 1.82) is 0 Å². The molecule has 11 heteroatoms. The fourth-order valence-corrected chi connectivity index (χ4v) is 2.72. The number of hydrogen-bond donors (Lipinski definition) is 3. The molecule has 0 fully saturated rings. The van der Waals surface area contributed by atoms with E-state index >= 15 is 0 Å². The number of carboxylic acid groups (broad SMARTS) is 1. The van der Waals surface area contributed by atoms with E-state index in [1.54, 1.807) is 29.9 Å². The van der Waals surface area contributed by atoms with Crippen LogP contribution in [0.4, 0.5) is 9.18 Å². The Labute approximate surface area is 172 Å². The normalized spacial score (nSPS) is 12.6.